The van der Waals surface area contributed by atoms with Crippen LogP contribution in [-0.2, 0) is 6.42 Å². The Balaban J connectivity index is 1.83. The number of rotatable bonds is 4. The molecule has 7 nitrogen and oxygen atoms in total. The number of nitrogens with two attached hydrogens (primary N) is 1. The van der Waals surface area contributed by atoms with Crippen molar-refractivity contribution < 1.29 is 4.39 Å². The van der Waals surface area contributed by atoms with E-state index in [0.717, 1.165) is 5.69 Å². The lowest BCUT2D eigenvalue weighted by molar-refractivity contribution is 0.637. The molecule has 3 N–H and O–H groups in total. The van der Waals surface area contributed by atoms with Crippen LogP contribution in [0, 0.1) is 5.82 Å². The molecule has 2 aromatic heterocycles. The van der Waals surface area contributed by atoms with Crippen LogP contribution in [0.4, 0.5) is 22.0 Å². The molecule has 0 fully saturated rings. The van der Waals surface area contributed by atoms with Gasteiger partial charge in [-0.2, -0.15) is 15.0 Å². The molecule has 0 aliphatic rings. The fourth-order valence-electron chi connectivity index (χ4n) is 2.77. The highest BCUT2D eigenvalue weighted by atomic mass is 35.5. The Morgan fingerprint density at radius 2 is 1.85 bits per heavy atom. The smallest absolute Gasteiger partial charge is 0.242 e. The molecule has 0 atom stereocenters. The van der Waals surface area contributed by atoms with Crippen LogP contribution in [0.5, 0.6) is 0 Å². The number of benzene rings is 2. The van der Waals surface area contributed by atoms with E-state index in [-0.39, 0.29) is 23.4 Å². The van der Waals surface area contributed by atoms with Gasteiger partial charge in [0.25, 0.3) is 0 Å². The first-order valence-electron chi connectivity index (χ1n) is 8.25. The molecule has 0 amide bonds. The van der Waals surface area contributed by atoms with Gasteiger partial charge in [0.2, 0.25) is 17.8 Å². The lowest BCUT2D eigenvalue weighted by Gasteiger charge is -2.10. The third-order valence-corrected chi connectivity index (χ3v) is 4.21. The molecule has 136 valence electrons. The second-order valence-electron chi connectivity index (χ2n) is 5.77. The van der Waals surface area contributed by atoms with E-state index in [2.05, 4.69) is 25.3 Å². The molecule has 2 aromatic carbocycles. The summed E-state index contributed by atoms with van der Waals surface area (Å²) in [6.07, 6.45) is 0.569. The number of imidazole rings is 1. The summed E-state index contributed by atoms with van der Waals surface area (Å²) in [5, 5.41) is 3.68. The standard InChI is InChI=1S/C18H15ClFN7/c1-2-14-23-15-12(20)4-3-5-13(15)27(14)18-25-16(21)24-17(26-18)22-11-8-6-10(19)7-9-11/h3-9H,2H2,1H3,(H3,21,22,24,25,26). The highest BCUT2D eigenvalue weighted by Crippen LogP contribution is 2.24. The second-order valence-corrected chi connectivity index (χ2v) is 6.21. The molecule has 2 heterocycles. The number of fused-ring (bicyclic) bond motifs is 1. The van der Waals surface area contributed by atoms with Crippen molar-refractivity contribution in [2.45, 2.75) is 13.3 Å². The Bertz CT molecular complexity index is 1120. The van der Waals surface area contributed by atoms with E-state index in [1.807, 2.05) is 6.92 Å². The van der Waals surface area contributed by atoms with Crippen LogP contribution in [0.2, 0.25) is 5.02 Å². The largest absolute Gasteiger partial charge is 0.368 e. The molecule has 0 unspecified atom stereocenters. The summed E-state index contributed by atoms with van der Waals surface area (Å²) in [4.78, 5) is 17.1. The van der Waals surface area contributed by atoms with Gasteiger partial charge in [-0.25, -0.2) is 9.37 Å². The zero-order valence-corrected chi connectivity index (χ0v) is 15.1. The predicted molar refractivity (Wildman–Crippen MR) is 103 cm³/mol. The van der Waals surface area contributed by atoms with Gasteiger partial charge >= 0.3 is 0 Å². The molecule has 0 aliphatic heterocycles. The molecular formula is C18H15ClFN7. The predicted octanol–water partition coefficient (Wildman–Crippen LogP) is 3.89. The van der Waals surface area contributed by atoms with Crippen molar-refractivity contribution in [3.05, 3.63) is 59.1 Å². The number of nitrogens with zero attached hydrogens (tertiary/aromatic N) is 5. The average molecular weight is 384 g/mol. The number of halogens is 2. The summed E-state index contributed by atoms with van der Waals surface area (Å²) in [7, 11) is 0. The van der Waals surface area contributed by atoms with E-state index < -0.39 is 5.82 Å². The van der Waals surface area contributed by atoms with Crippen molar-refractivity contribution in [1.82, 2.24) is 24.5 Å². The van der Waals surface area contributed by atoms with Gasteiger partial charge in [-0.05, 0) is 36.4 Å². The molecule has 4 rings (SSSR count). The van der Waals surface area contributed by atoms with Crippen molar-refractivity contribution in [3.8, 4) is 5.95 Å². The lowest BCUT2D eigenvalue weighted by atomic mass is 10.3. The van der Waals surface area contributed by atoms with E-state index in [1.54, 1.807) is 41.0 Å². The molecule has 0 radical (unpaired) electrons. The van der Waals surface area contributed by atoms with Crippen molar-refractivity contribution in [1.29, 1.82) is 0 Å². The Morgan fingerprint density at radius 3 is 2.59 bits per heavy atom. The second kappa shape index (κ2) is 6.81. The van der Waals surface area contributed by atoms with Gasteiger partial charge in [0.1, 0.15) is 11.3 Å². The summed E-state index contributed by atoms with van der Waals surface area (Å²) in [5.74, 6) is 0.793. The van der Waals surface area contributed by atoms with E-state index in [1.165, 1.54) is 6.07 Å². The molecule has 9 heteroatoms. The third kappa shape index (κ3) is 3.26. The maximum atomic E-state index is 14.1. The quantitative estimate of drug-likeness (QED) is 0.555. The van der Waals surface area contributed by atoms with E-state index in [4.69, 9.17) is 17.3 Å². The van der Waals surface area contributed by atoms with Gasteiger partial charge in [-0.3, -0.25) is 4.57 Å². The number of nitrogen functional groups attached to an aromatic ring is 1. The normalized spacial score (nSPS) is 11.1. The summed E-state index contributed by atoms with van der Waals surface area (Å²) in [6.45, 7) is 1.92. The van der Waals surface area contributed by atoms with Crippen molar-refractivity contribution in [2.75, 3.05) is 11.1 Å². The first-order valence-corrected chi connectivity index (χ1v) is 8.63. The van der Waals surface area contributed by atoms with E-state index in [0.29, 0.717) is 22.8 Å². The average Bonchev–Trinajstić information content (AvgIpc) is 3.03. The Hall–Kier alpha value is -3.26. The van der Waals surface area contributed by atoms with Gasteiger partial charge in [0.05, 0.1) is 5.52 Å². The summed E-state index contributed by atoms with van der Waals surface area (Å²) in [5.41, 5.74) is 7.45. The summed E-state index contributed by atoms with van der Waals surface area (Å²) < 4.78 is 15.8. The van der Waals surface area contributed by atoms with E-state index in [9.17, 15) is 4.39 Å². The van der Waals surface area contributed by atoms with Gasteiger partial charge in [0.15, 0.2) is 5.82 Å². The first-order chi connectivity index (χ1) is 13.0. The first kappa shape index (κ1) is 17.2. The zero-order chi connectivity index (χ0) is 19.0. The van der Waals surface area contributed by atoms with Crippen LogP contribution >= 0.6 is 11.6 Å². The minimum atomic E-state index is -0.400. The number of aromatic nitrogens is 5. The van der Waals surface area contributed by atoms with E-state index >= 15 is 0 Å². The highest BCUT2D eigenvalue weighted by Gasteiger charge is 2.17. The SMILES string of the molecule is CCc1nc2c(F)cccc2n1-c1nc(N)nc(Nc2ccc(Cl)cc2)n1. The minimum absolute atomic E-state index is 0.0387. The number of para-hydroxylation sites is 1. The number of anilines is 3. The summed E-state index contributed by atoms with van der Waals surface area (Å²) >= 11 is 5.90. The fraction of sp³-hybridized carbons (Fsp3) is 0.111. The molecular weight excluding hydrogens is 369 g/mol. The molecule has 0 saturated heterocycles. The number of aryl methyl sites for hydroxylation is 1. The highest BCUT2D eigenvalue weighted by molar-refractivity contribution is 6.30. The minimum Gasteiger partial charge on any atom is -0.368 e. The maximum Gasteiger partial charge on any atom is 0.242 e. The third-order valence-electron chi connectivity index (χ3n) is 3.96. The van der Waals surface area contributed by atoms with Crippen LogP contribution in [0.1, 0.15) is 12.7 Å². The van der Waals surface area contributed by atoms with Gasteiger partial charge < -0.3 is 11.1 Å². The Morgan fingerprint density at radius 1 is 1.07 bits per heavy atom. The number of hydrogen-bond acceptors (Lipinski definition) is 6. The van der Waals surface area contributed by atoms with Crippen LogP contribution in [0.25, 0.3) is 17.0 Å². The molecule has 0 spiro atoms. The zero-order valence-electron chi connectivity index (χ0n) is 14.3. The number of hydrogen-bond donors (Lipinski definition) is 2. The van der Waals surface area contributed by atoms with Crippen molar-refractivity contribution in [2.24, 2.45) is 0 Å². The van der Waals surface area contributed by atoms with Gasteiger partial charge in [0, 0.05) is 17.1 Å². The molecule has 0 aliphatic carbocycles. The molecule has 27 heavy (non-hydrogen) atoms. The molecule has 0 bridgehead atoms. The monoisotopic (exact) mass is 383 g/mol. The topological polar surface area (TPSA) is 94.5 Å². The molecule has 0 saturated carbocycles. The van der Waals surface area contributed by atoms with Gasteiger partial charge in [-0.1, -0.05) is 24.6 Å². The van der Waals surface area contributed by atoms with Crippen LogP contribution < -0.4 is 11.1 Å². The Kier molecular flexibility index (Phi) is 4.33. The van der Waals surface area contributed by atoms with Crippen LogP contribution in [0.15, 0.2) is 42.5 Å². The van der Waals surface area contributed by atoms with Crippen molar-refractivity contribution in [3.63, 3.8) is 0 Å². The molecule has 4 aromatic rings. The van der Waals surface area contributed by atoms with Gasteiger partial charge in [-0.15, -0.1) is 0 Å². The van der Waals surface area contributed by atoms with Crippen molar-refractivity contribution >= 4 is 40.2 Å². The maximum absolute atomic E-state index is 14.1. The lowest BCUT2D eigenvalue weighted by Crippen LogP contribution is -2.11. The van der Waals surface area contributed by atoms with Crippen LogP contribution in [-0.4, -0.2) is 24.5 Å². The summed E-state index contributed by atoms with van der Waals surface area (Å²) in [6, 6.07) is 11.8. The number of nitrogens with one attached hydrogen (secondary N) is 1. The fourth-order valence-corrected chi connectivity index (χ4v) is 2.90. The Labute approximate surface area is 159 Å². The van der Waals surface area contributed by atoms with Crippen LogP contribution in [0.3, 0.4) is 0 Å².